The van der Waals surface area contributed by atoms with E-state index in [0.717, 1.165) is 11.3 Å². The van der Waals surface area contributed by atoms with Gasteiger partial charge in [-0.3, -0.25) is 9.59 Å². The number of methoxy groups -OCH3 is 1. The number of carbonyl (C=O) groups is 2. The molecule has 144 valence electrons. The summed E-state index contributed by atoms with van der Waals surface area (Å²) in [5, 5.41) is 6.32. The van der Waals surface area contributed by atoms with E-state index in [2.05, 4.69) is 15.6 Å². The topological polar surface area (TPSA) is 80.3 Å². The fraction of sp³-hybridized carbons (Fsp3) is 0.190. The normalized spacial score (nSPS) is 10.4. The first-order valence-corrected chi connectivity index (χ1v) is 9.59. The zero-order valence-corrected chi connectivity index (χ0v) is 16.5. The maximum absolute atomic E-state index is 12.4. The van der Waals surface area contributed by atoms with E-state index in [4.69, 9.17) is 4.74 Å². The molecular weight excluding hydrogens is 374 g/mol. The van der Waals surface area contributed by atoms with Gasteiger partial charge in [0.2, 0.25) is 5.91 Å². The van der Waals surface area contributed by atoms with Crippen molar-refractivity contribution in [2.45, 2.75) is 19.9 Å². The molecular formula is C21H21N3O3S. The van der Waals surface area contributed by atoms with Gasteiger partial charge in [-0.15, -0.1) is 11.3 Å². The number of anilines is 1. The van der Waals surface area contributed by atoms with Gasteiger partial charge in [-0.2, -0.15) is 0 Å². The van der Waals surface area contributed by atoms with Gasteiger partial charge in [-0.05, 0) is 36.8 Å². The second kappa shape index (κ2) is 9.14. The van der Waals surface area contributed by atoms with Gasteiger partial charge in [0.25, 0.3) is 5.91 Å². The minimum absolute atomic E-state index is 0.115. The van der Waals surface area contributed by atoms with Crippen LogP contribution in [0.5, 0.6) is 5.75 Å². The molecule has 0 aliphatic carbocycles. The lowest BCUT2D eigenvalue weighted by Gasteiger charge is -2.05. The molecule has 28 heavy (non-hydrogen) atoms. The summed E-state index contributed by atoms with van der Waals surface area (Å²) < 4.78 is 5.10. The minimum Gasteiger partial charge on any atom is -0.497 e. The predicted molar refractivity (Wildman–Crippen MR) is 110 cm³/mol. The van der Waals surface area contributed by atoms with Gasteiger partial charge in [0.05, 0.1) is 19.2 Å². The minimum atomic E-state index is -0.185. The highest BCUT2D eigenvalue weighted by atomic mass is 32.1. The van der Waals surface area contributed by atoms with Crippen LogP contribution in [0.25, 0.3) is 0 Å². The first-order valence-electron chi connectivity index (χ1n) is 8.77. The van der Waals surface area contributed by atoms with E-state index in [9.17, 15) is 9.59 Å². The van der Waals surface area contributed by atoms with Crippen LogP contribution in [0.2, 0.25) is 0 Å². The van der Waals surface area contributed by atoms with E-state index in [-0.39, 0.29) is 18.2 Å². The summed E-state index contributed by atoms with van der Waals surface area (Å²) in [6.45, 7) is 2.23. The molecule has 0 bridgehead atoms. The number of aryl methyl sites for hydroxylation is 1. The number of ether oxygens (including phenoxy) is 1. The van der Waals surface area contributed by atoms with Gasteiger partial charge in [-0.25, -0.2) is 4.98 Å². The molecule has 0 unspecified atom stereocenters. The predicted octanol–water partition coefficient (Wildman–Crippen LogP) is 3.57. The van der Waals surface area contributed by atoms with Crippen LogP contribution in [-0.2, 0) is 17.8 Å². The Morgan fingerprint density at radius 3 is 2.46 bits per heavy atom. The molecule has 0 fully saturated rings. The summed E-state index contributed by atoms with van der Waals surface area (Å²) in [7, 11) is 1.59. The number of aromatic nitrogens is 1. The Bertz CT molecular complexity index is 953. The maximum atomic E-state index is 12.4. The van der Waals surface area contributed by atoms with Crippen LogP contribution in [0.1, 0.15) is 25.9 Å². The number of nitrogens with one attached hydrogen (secondary N) is 2. The van der Waals surface area contributed by atoms with Gasteiger partial charge < -0.3 is 15.4 Å². The molecule has 0 aliphatic heterocycles. The monoisotopic (exact) mass is 395 g/mol. The number of thiazole rings is 1. The van der Waals surface area contributed by atoms with Crippen LogP contribution in [0.3, 0.4) is 0 Å². The first-order chi connectivity index (χ1) is 13.5. The molecule has 2 aromatic carbocycles. The Kier molecular flexibility index (Phi) is 6.39. The molecule has 0 saturated carbocycles. The molecule has 2 amide bonds. The van der Waals surface area contributed by atoms with Crippen molar-refractivity contribution in [2.75, 3.05) is 12.4 Å². The van der Waals surface area contributed by atoms with Crippen molar-refractivity contribution in [2.24, 2.45) is 0 Å². The van der Waals surface area contributed by atoms with E-state index in [1.54, 1.807) is 38.3 Å². The Hall–Kier alpha value is -3.19. The molecule has 7 heteroatoms. The van der Waals surface area contributed by atoms with Gasteiger partial charge in [0.1, 0.15) is 15.6 Å². The highest BCUT2D eigenvalue weighted by Gasteiger charge is 2.17. The fourth-order valence-electron chi connectivity index (χ4n) is 2.61. The number of rotatable bonds is 7. The van der Waals surface area contributed by atoms with Crippen molar-refractivity contribution >= 4 is 28.8 Å². The van der Waals surface area contributed by atoms with Crippen molar-refractivity contribution in [3.8, 4) is 5.75 Å². The van der Waals surface area contributed by atoms with Crippen LogP contribution in [0.15, 0.2) is 54.6 Å². The van der Waals surface area contributed by atoms with Crippen LogP contribution < -0.4 is 15.4 Å². The SMILES string of the molecule is COc1ccc(NC(=O)Cc2nc(C)c(C(=O)NCc3ccccc3)s2)cc1. The second-order valence-electron chi connectivity index (χ2n) is 6.14. The highest BCUT2D eigenvalue weighted by molar-refractivity contribution is 7.13. The number of amides is 2. The van der Waals surface area contributed by atoms with Crippen LogP contribution in [0, 0.1) is 6.92 Å². The lowest BCUT2D eigenvalue weighted by Crippen LogP contribution is -2.22. The summed E-state index contributed by atoms with van der Waals surface area (Å²) in [4.78, 5) is 29.6. The van der Waals surface area contributed by atoms with E-state index >= 15 is 0 Å². The average Bonchev–Trinajstić information content (AvgIpc) is 3.07. The van der Waals surface area contributed by atoms with Crippen LogP contribution >= 0.6 is 11.3 Å². The Labute approximate surface area is 167 Å². The lowest BCUT2D eigenvalue weighted by atomic mass is 10.2. The number of nitrogens with zero attached hydrogens (tertiary/aromatic N) is 1. The summed E-state index contributed by atoms with van der Waals surface area (Å²) in [6, 6.07) is 16.8. The summed E-state index contributed by atoms with van der Waals surface area (Å²) >= 11 is 1.24. The molecule has 0 radical (unpaired) electrons. The summed E-state index contributed by atoms with van der Waals surface area (Å²) in [5.41, 5.74) is 2.33. The third kappa shape index (κ3) is 5.17. The van der Waals surface area contributed by atoms with Crippen LogP contribution in [0.4, 0.5) is 5.69 Å². The Morgan fingerprint density at radius 2 is 1.79 bits per heavy atom. The molecule has 2 N–H and O–H groups in total. The standard InChI is InChI=1S/C21H21N3O3S/c1-14-20(21(26)22-13-15-6-4-3-5-7-15)28-19(23-14)12-18(25)24-16-8-10-17(27-2)11-9-16/h3-11H,12-13H2,1-2H3,(H,22,26)(H,24,25). The molecule has 0 saturated heterocycles. The van der Waals surface area contributed by atoms with Gasteiger partial charge in [-0.1, -0.05) is 30.3 Å². The summed E-state index contributed by atoms with van der Waals surface area (Å²) in [5.74, 6) is 0.357. The Balaban J connectivity index is 1.57. The Morgan fingerprint density at radius 1 is 1.07 bits per heavy atom. The van der Waals surface area contributed by atoms with Crippen molar-refractivity contribution in [1.29, 1.82) is 0 Å². The molecule has 1 aromatic heterocycles. The zero-order chi connectivity index (χ0) is 19.9. The lowest BCUT2D eigenvalue weighted by molar-refractivity contribution is -0.115. The molecule has 0 spiro atoms. The molecule has 0 atom stereocenters. The van der Waals surface area contributed by atoms with E-state index in [0.29, 0.717) is 27.8 Å². The zero-order valence-electron chi connectivity index (χ0n) is 15.7. The molecule has 6 nitrogen and oxygen atoms in total. The van der Waals surface area contributed by atoms with Crippen molar-refractivity contribution in [3.63, 3.8) is 0 Å². The van der Waals surface area contributed by atoms with Crippen molar-refractivity contribution in [1.82, 2.24) is 10.3 Å². The second-order valence-corrected chi connectivity index (χ2v) is 7.23. The highest BCUT2D eigenvalue weighted by Crippen LogP contribution is 2.20. The number of benzene rings is 2. The van der Waals surface area contributed by atoms with E-state index in [1.807, 2.05) is 30.3 Å². The maximum Gasteiger partial charge on any atom is 0.263 e. The third-order valence-corrected chi connectivity index (χ3v) is 5.18. The largest absolute Gasteiger partial charge is 0.497 e. The first kappa shape index (κ1) is 19.6. The van der Waals surface area contributed by atoms with Gasteiger partial charge in [0, 0.05) is 12.2 Å². The van der Waals surface area contributed by atoms with E-state index in [1.165, 1.54) is 11.3 Å². The molecule has 3 aromatic rings. The fourth-order valence-corrected chi connectivity index (χ4v) is 3.59. The smallest absolute Gasteiger partial charge is 0.263 e. The van der Waals surface area contributed by atoms with Crippen LogP contribution in [-0.4, -0.2) is 23.9 Å². The number of hydrogen-bond donors (Lipinski definition) is 2. The molecule has 3 rings (SSSR count). The number of carbonyl (C=O) groups excluding carboxylic acids is 2. The average molecular weight is 395 g/mol. The van der Waals surface area contributed by atoms with Gasteiger partial charge in [0.15, 0.2) is 0 Å². The van der Waals surface area contributed by atoms with Gasteiger partial charge >= 0.3 is 0 Å². The molecule has 0 aliphatic rings. The summed E-state index contributed by atoms with van der Waals surface area (Å²) in [6.07, 6.45) is 0.115. The van der Waals surface area contributed by atoms with E-state index < -0.39 is 0 Å². The van der Waals surface area contributed by atoms with Crippen molar-refractivity contribution in [3.05, 3.63) is 75.7 Å². The molecule has 1 heterocycles. The quantitative estimate of drug-likeness (QED) is 0.641. The van der Waals surface area contributed by atoms with Crippen molar-refractivity contribution < 1.29 is 14.3 Å². The number of hydrogen-bond acceptors (Lipinski definition) is 5. The third-order valence-electron chi connectivity index (χ3n) is 4.03.